The van der Waals surface area contributed by atoms with E-state index in [1.165, 1.54) is 17.0 Å². The number of aromatic nitrogens is 1. The van der Waals surface area contributed by atoms with Crippen LogP contribution in [0.1, 0.15) is 87.1 Å². The molecule has 0 amide bonds. The number of rotatable bonds is 16. The molecule has 0 saturated carbocycles. The number of esters is 1. The second kappa shape index (κ2) is 19.0. The molecule has 1 aromatic heterocycles. The Balaban J connectivity index is 1.16. The summed E-state index contributed by atoms with van der Waals surface area (Å²) in [6.07, 6.45) is -0.306. The fraction of sp³-hybridized carbons (Fsp3) is 0.377. The van der Waals surface area contributed by atoms with Gasteiger partial charge in [-0.05, 0) is 77.0 Å². The number of benzene rings is 5. The number of nitrogens with zero attached hydrogens (tertiary/aromatic N) is 2. The minimum atomic E-state index is -3.47. The van der Waals surface area contributed by atoms with Crippen molar-refractivity contribution < 1.29 is 35.9 Å². The number of carbonyl (C=O) groups is 1. The number of para-hydroxylation sites is 1. The molecule has 4 atom stereocenters. The Morgan fingerprint density at radius 2 is 1.40 bits per heavy atom. The van der Waals surface area contributed by atoms with Gasteiger partial charge in [-0.3, -0.25) is 14.1 Å². The Labute approximate surface area is 379 Å². The molecular formula is C53H58F5N3O3Si. The number of carbonyl (C=O) groups excluding carboxylic acids is 1. The summed E-state index contributed by atoms with van der Waals surface area (Å²) >= 11 is 0. The molecule has 342 valence electrons. The first kappa shape index (κ1) is 46.4. The summed E-state index contributed by atoms with van der Waals surface area (Å²) in [6, 6.07) is 36.3. The van der Waals surface area contributed by atoms with E-state index in [1.54, 1.807) is 6.92 Å². The van der Waals surface area contributed by atoms with Crippen molar-refractivity contribution in [1.82, 2.24) is 14.8 Å². The Bertz CT molecular complexity index is 2500. The molecule has 0 bridgehead atoms. The predicted octanol–water partition coefficient (Wildman–Crippen LogP) is 10.7. The SMILES string of the molecule is CC1Cc2c([nH]c3ccccc23)C(c2c(F)cc([C@H](OC(=O)[C@@H](C)c3ccccc3)C3CN(CCCF)C3)cc2F)N1CC(F)(F)CO[Si](c1ccccc1)(c1ccccc1)C(C)(C)C. The quantitative estimate of drug-likeness (QED) is 0.0596. The van der Waals surface area contributed by atoms with E-state index < -0.39 is 80.8 Å². The lowest BCUT2D eigenvalue weighted by Gasteiger charge is -2.45. The van der Waals surface area contributed by atoms with Crippen LogP contribution in [0.2, 0.25) is 5.04 Å². The highest BCUT2D eigenvalue weighted by atomic mass is 28.4. The number of hydrogen-bond acceptors (Lipinski definition) is 5. The van der Waals surface area contributed by atoms with Crippen molar-refractivity contribution in [3.63, 3.8) is 0 Å². The van der Waals surface area contributed by atoms with E-state index in [-0.39, 0.29) is 17.0 Å². The highest BCUT2D eigenvalue weighted by Gasteiger charge is 2.53. The lowest BCUT2D eigenvalue weighted by atomic mass is 9.85. The van der Waals surface area contributed by atoms with Crippen LogP contribution in [0.5, 0.6) is 0 Å². The van der Waals surface area contributed by atoms with Crippen LogP contribution in [0.25, 0.3) is 10.9 Å². The molecule has 1 N–H and O–H groups in total. The number of H-pyrrole nitrogens is 1. The van der Waals surface area contributed by atoms with Crippen molar-refractivity contribution in [1.29, 1.82) is 0 Å². The maximum absolute atomic E-state index is 17.3. The van der Waals surface area contributed by atoms with E-state index in [0.717, 1.165) is 32.4 Å². The molecule has 5 aromatic carbocycles. The number of alkyl halides is 3. The largest absolute Gasteiger partial charge is 0.457 e. The number of hydrogen-bond donors (Lipinski definition) is 1. The van der Waals surface area contributed by atoms with Crippen LogP contribution in [-0.4, -0.2) is 80.5 Å². The third-order valence-electron chi connectivity index (χ3n) is 13.5. The van der Waals surface area contributed by atoms with E-state index in [2.05, 4.69) is 4.98 Å². The molecule has 2 unspecified atom stereocenters. The number of aromatic amines is 1. The average Bonchev–Trinajstić information content (AvgIpc) is 3.64. The fourth-order valence-corrected chi connectivity index (χ4v) is 14.8. The van der Waals surface area contributed by atoms with E-state index in [0.29, 0.717) is 38.2 Å². The van der Waals surface area contributed by atoms with Crippen LogP contribution in [0.4, 0.5) is 22.0 Å². The van der Waals surface area contributed by atoms with Crippen molar-refractivity contribution >= 4 is 35.6 Å². The van der Waals surface area contributed by atoms with Crippen molar-refractivity contribution in [3.8, 4) is 0 Å². The topological polar surface area (TPSA) is 57.8 Å². The van der Waals surface area contributed by atoms with E-state index in [4.69, 9.17) is 9.16 Å². The molecule has 3 heterocycles. The van der Waals surface area contributed by atoms with Crippen LogP contribution in [0.15, 0.2) is 127 Å². The number of fused-ring (bicyclic) bond motifs is 3. The standard InChI is InChI=1S/C53H58F5N3O3Si/c1-35-28-43-42-24-15-16-25-46(42)59-48(43)49(61(35)33-53(57,58)34-63-65(52(3,4)5,40-20-11-7-12-21-40)41-22-13-8-14-23-41)47-44(55)29-38(30-45(47)56)50(39-31-60(32-39)27-17-26-54)64-51(62)36(2)37-18-9-6-10-19-37/h6-16,18-25,29-30,35-36,39,49-50,59H,17,26-28,31-34H2,1-5H3/t35?,36-,49?,50-/m0/s1. The third-order valence-corrected chi connectivity index (χ3v) is 18.5. The highest BCUT2D eigenvalue weighted by molar-refractivity contribution is 6.99. The molecule has 12 heteroatoms. The molecular weight excluding hydrogens is 850 g/mol. The van der Waals surface area contributed by atoms with Gasteiger partial charge in [0.15, 0.2) is 0 Å². The summed E-state index contributed by atoms with van der Waals surface area (Å²) < 4.78 is 94.7. The number of ether oxygens (including phenoxy) is 1. The summed E-state index contributed by atoms with van der Waals surface area (Å²) in [5, 5.41) is 2.02. The van der Waals surface area contributed by atoms with Gasteiger partial charge in [0, 0.05) is 53.8 Å². The van der Waals surface area contributed by atoms with Gasteiger partial charge in [-0.15, -0.1) is 0 Å². The first-order valence-corrected chi connectivity index (χ1v) is 24.5. The minimum Gasteiger partial charge on any atom is -0.457 e. The molecule has 6 aromatic rings. The van der Waals surface area contributed by atoms with Crippen LogP contribution >= 0.6 is 0 Å². The third kappa shape index (κ3) is 9.32. The number of nitrogens with one attached hydrogen (secondary N) is 1. The van der Waals surface area contributed by atoms with Gasteiger partial charge < -0.3 is 19.0 Å². The number of halogens is 5. The normalized spacial score (nSPS) is 18.6. The molecule has 0 spiro atoms. The maximum Gasteiger partial charge on any atom is 0.313 e. The Hall–Kier alpha value is -5.14. The smallest absolute Gasteiger partial charge is 0.313 e. The predicted molar refractivity (Wildman–Crippen MR) is 249 cm³/mol. The average molecular weight is 908 g/mol. The van der Waals surface area contributed by atoms with Gasteiger partial charge in [0.2, 0.25) is 0 Å². The summed E-state index contributed by atoms with van der Waals surface area (Å²) in [5.74, 6) is -6.87. The molecule has 6 nitrogen and oxygen atoms in total. The Kier molecular flexibility index (Phi) is 13.6. The van der Waals surface area contributed by atoms with Crippen molar-refractivity contribution in [3.05, 3.63) is 167 Å². The van der Waals surface area contributed by atoms with Gasteiger partial charge in [0.25, 0.3) is 14.2 Å². The first-order chi connectivity index (χ1) is 31.1. The van der Waals surface area contributed by atoms with Crippen LogP contribution in [0, 0.1) is 17.6 Å². The number of likely N-dealkylation sites (tertiary alicyclic amines) is 1. The monoisotopic (exact) mass is 907 g/mol. The molecule has 8 rings (SSSR count). The van der Waals surface area contributed by atoms with E-state index >= 15 is 17.6 Å². The second-order valence-electron chi connectivity index (χ2n) is 18.9. The van der Waals surface area contributed by atoms with Gasteiger partial charge >= 0.3 is 5.97 Å². The van der Waals surface area contributed by atoms with Crippen molar-refractivity contribution in [2.75, 3.05) is 39.5 Å². The first-order valence-electron chi connectivity index (χ1n) is 22.6. The lowest BCUT2D eigenvalue weighted by Crippen LogP contribution is -2.67. The zero-order valence-electron chi connectivity index (χ0n) is 37.7. The maximum atomic E-state index is 17.3. The van der Waals surface area contributed by atoms with Crippen LogP contribution in [-0.2, 0) is 20.4 Å². The summed E-state index contributed by atoms with van der Waals surface area (Å²) in [6.45, 7) is 8.77. The molecule has 2 aliphatic heterocycles. The van der Waals surface area contributed by atoms with Gasteiger partial charge in [0.05, 0.1) is 31.8 Å². The Morgan fingerprint density at radius 3 is 1.98 bits per heavy atom. The zero-order valence-corrected chi connectivity index (χ0v) is 38.7. The second-order valence-corrected chi connectivity index (χ2v) is 23.3. The molecule has 2 aliphatic rings. The van der Waals surface area contributed by atoms with Crippen LogP contribution in [0.3, 0.4) is 0 Å². The molecule has 1 saturated heterocycles. The van der Waals surface area contributed by atoms with Crippen LogP contribution < -0.4 is 10.4 Å². The summed E-state index contributed by atoms with van der Waals surface area (Å²) in [7, 11) is -3.38. The molecule has 0 radical (unpaired) electrons. The Morgan fingerprint density at radius 1 is 0.831 bits per heavy atom. The minimum absolute atomic E-state index is 0.129. The lowest BCUT2D eigenvalue weighted by molar-refractivity contribution is -0.158. The molecule has 1 fully saturated rings. The molecule has 65 heavy (non-hydrogen) atoms. The van der Waals surface area contributed by atoms with E-state index in [1.807, 2.05) is 148 Å². The van der Waals surface area contributed by atoms with E-state index in [9.17, 15) is 9.18 Å². The summed E-state index contributed by atoms with van der Waals surface area (Å²) in [5.41, 5.74) is 2.48. The van der Waals surface area contributed by atoms with Gasteiger partial charge in [-0.2, -0.15) is 0 Å². The van der Waals surface area contributed by atoms with Gasteiger partial charge in [0.1, 0.15) is 17.7 Å². The zero-order chi connectivity index (χ0) is 46.1. The molecule has 0 aliphatic carbocycles. The van der Waals surface area contributed by atoms with Crippen molar-refractivity contribution in [2.45, 2.75) is 82.5 Å². The van der Waals surface area contributed by atoms with Gasteiger partial charge in [-0.25, -0.2) is 17.6 Å². The van der Waals surface area contributed by atoms with Gasteiger partial charge in [-0.1, -0.05) is 130 Å². The summed E-state index contributed by atoms with van der Waals surface area (Å²) in [4.78, 5) is 20.6. The highest BCUT2D eigenvalue weighted by Crippen LogP contribution is 2.46. The van der Waals surface area contributed by atoms with Crippen molar-refractivity contribution in [2.24, 2.45) is 5.92 Å². The fourth-order valence-electron chi connectivity index (χ4n) is 10.2.